The lowest BCUT2D eigenvalue weighted by Gasteiger charge is -2.17. The minimum Gasteiger partial charge on any atom is -0.491 e. The maximum Gasteiger partial charge on any atom is 0.317 e. The van der Waals surface area contributed by atoms with Crippen molar-refractivity contribution in [2.24, 2.45) is 0 Å². The molecule has 0 radical (unpaired) electrons. The zero-order valence-corrected chi connectivity index (χ0v) is 10.6. The molecule has 0 saturated carbocycles. The van der Waals surface area contributed by atoms with Crippen LogP contribution in [0.25, 0.3) is 0 Å². The van der Waals surface area contributed by atoms with Gasteiger partial charge < -0.3 is 9.84 Å². The first-order valence-corrected chi connectivity index (χ1v) is 5.76. The Bertz CT molecular complexity index is 442. The molecule has 0 bridgehead atoms. The number of ether oxygens (including phenoxy) is 1. The fourth-order valence-electron chi connectivity index (χ4n) is 1.38. The van der Waals surface area contributed by atoms with E-state index in [4.69, 9.17) is 27.9 Å². The summed E-state index contributed by atoms with van der Waals surface area (Å²) in [6.07, 6.45) is 5.17. The molecule has 0 aliphatic heterocycles. The number of carboxylic acid groups (broad SMARTS) is 1. The second-order valence-electron chi connectivity index (χ2n) is 3.59. The number of nitrogens with zero attached hydrogens (tertiary/aromatic N) is 1. The molecule has 4 nitrogen and oxygen atoms in total. The quantitative estimate of drug-likeness (QED) is 0.765. The van der Waals surface area contributed by atoms with Gasteiger partial charge in [-0.15, -0.1) is 6.42 Å². The fraction of sp³-hybridized carbons (Fsp3) is 0.308. The Morgan fingerprint density at radius 1 is 1.50 bits per heavy atom. The molecular formula is C13H14ClNO3. The van der Waals surface area contributed by atoms with E-state index in [0.717, 1.165) is 0 Å². The molecule has 0 amide bonds. The minimum absolute atomic E-state index is 0.101. The summed E-state index contributed by atoms with van der Waals surface area (Å²) in [5, 5.41) is 9.23. The first-order valence-electron chi connectivity index (χ1n) is 5.38. The lowest BCUT2D eigenvalue weighted by atomic mass is 10.3. The second kappa shape index (κ2) is 7.59. The van der Waals surface area contributed by atoms with E-state index in [0.29, 0.717) is 23.9 Å². The topological polar surface area (TPSA) is 49.8 Å². The van der Waals surface area contributed by atoms with Gasteiger partial charge in [-0.05, 0) is 12.1 Å². The first-order chi connectivity index (χ1) is 8.63. The van der Waals surface area contributed by atoms with Crippen LogP contribution in [0.2, 0.25) is 5.02 Å². The van der Waals surface area contributed by atoms with Crippen LogP contribution in [0.3, 0.4) is 0 Å². The number of para-hydroxylation sites is 1. The number of halogens is 1. The summed E-state index contributed by atoms with van der Waals surface area (Å²) in [6, 6.07) is 7.11. The van der Waals surface area contributed by atoms with Gasteiger partial charge in [0.05, 0.1) is 18.1 Å². The maximum atomic E-state index is 10.6. The van der Waals surface area contributed by atoms with Crippen molar-refractivity contribution in [3.05, 3.63) is 29.3 Å². The molecule has 0 heterocycles. The first kappa shape index (κ1) is 14.4. The summed E-state index contributed by atoms with van der Waals surface area (Å²) in [4.78, 5) is 12.2. The third-order valence-corrected chi connectivity index (χ3v) is 2.49. The smallest absolute Gasteiger partial charge is 0.317 e. The molecule has 1 aromatic carbocycles. The van der Waals surface area contributed by atoms with Gasteiger partial charge in [0, 0.05) is 6.54 Å². The average molecular weight is 268 g/mol. The number of benzene rings is 1. The molecule has 18 heavy (non-hydrogen) atoms. The molecule has 0 atom stereocenters. The molecule has 0 aliphatic rings. The molecule has 0 saturated heterocycles. The highest BCUT2D eigenvalue weighted by molar-refractivity contribution is 6.32. The lowest BCUT2D eigenvalue weighted by Crippen LogP contribution is -2.33. The highest BCUT2D eigenvalue weighted by Gasteiger charge is 2.08. The van der Waals surface area contributed by atoms with Crippen molar-refractivity contribution in [3.8, 4) is 18.1 Å². The van der Waals surface area contributed by atoms with Crippen LogP contribution in [0.5, 0.6) is 5.75 Å². The summed E-state index contributed by atoms with van der Waals surface area (Å²) in [5.74, 6) is 2.08. The van der Waals surface area contributed by atoms with Crippen molar-refractivity contribution in [2.45, 2.75) is 0 Å². The fourth-order valence-corrected chi connectivity index (χ4v) is 1.57. The van der Waals surface area contributed by atoms with Gasteiger partial charge in [-0.25, -0.2) is 0 Å². The molecule has 1 rings (SSSR count). The van der Waals surface area contributed by atoms with Crippen LogP contribution in [0.1, 0.15) is 0 Å². The highest BCUT2D eigenvalue weighted by Crippen LogP contribution is 2.22. The Balaban J connectivity index is 2.41. The standard InChI is InChI=1S/C13H14ClNO3/c1-2-7-15(10-13(16)17)8-9-18-12-6-4-3-5-11(12)14/h1,3-6H,7-10H2,(H,16,17). The van der Waals surface area contributed by atoms with E-state index in [-0.39, 0.29) is 13.1 Å². The van der Waals surface area contributed by atoms with E-state index < -0.39 is 5.97 Å². The number of terminal acetylenes is 1. The monoisotopic (exact) mass is 267 g/mol. The van der Waals surface area contributed by atoms with Gasteiger partial charge >= 0.3 is 5.97 Å². The summed E-state index contributed by atoms with van der Waals surface area (Å²) in [7, 11) is 0. The molecule has 0 unspecified atom stereocenters. The van der Waals surface area contributed by atoms with Crippen molar-refractivity contribution < 1.29 is 14.6 Å². The third kappa shape index (κ3) is 5.09. The minimum atomic E-state index is -0.914. The number of carbonyl (C=O) groups is 1. The Labute approximate surface area is 111 Å². The Morgan fingerprint density at radius 2 is 2.22 bits per heavy atom. The summed E-state index contributed by atoms with van der Waals surface area (Å²) >= 11 is 5.92. The molecule has 0 spiro atoms. The molecule has 1 N–H and O–H groups in total. The predicted molar refractivity (Wildman–Crippen MR) is 69.9 cm³/mol. The third-order valence-electron chi connectivity index (χ3n) is 2.18. The van der Waals surface area contributed by atoms with Gasteiger partial charge in [0.15, 0.2) is 0 Å². The van der Waals surface area contributed by atoms with Crippen LogP contribution >= 0.6 is 11.6 Å². The number of aliphatic carboxylic acids is 1. The van der Waals surface area contributed by atoms with Crippen molar-refractivity contribution in [2.75, 3.05) is 26.2 Å². The molecular weight excluding hydrogens is 254 g/mol. The van der Waals surface area contributed by atoms with E-state index in [9.17, 15) is 4.79 Å². The maximum absolute atomic E-state index is 10.6. The molecule has 0 aliphatic carbocycles. The summed E-state index contributed by atoms with van der Waals surface area (Å²) in [6.45, 7) is 0.939. The van der Waals surface area contributed by atoms with Crippen molar-refractivity contribution in [1.29, 1.82) is 0 Å². The number of carboxylic acids is 1. The number of rotatable bonds is 7. The number of hydrogen-bond acceptors (Lipinski definition) is 3. The summed E-state index contributed by atoms with van der Waals surface area (Å²) < 4.78 is 5.46. The Morgan fingerprint density at radius 3 is 2.83 bits per heavy atom. The zero-order valence-electron chi connectivity index (χ0n) is 9.80. The summed E-state index contributed by atoms with van der Waals surface area (Å²) in [5.41, 5.74) is 0. The number of hydrogen-bond donors (Lipinski definition) is 1. The van der Waals surface area contributed by atoms with Crippen LogP contribution in [0.15, 0.2) is 24.3 Å². The van der Waals surface area contributed by atoms with E-state index in [1.807, 2.05) is 12.1 Å². The molecule has 0 aromatic heterocycles. The molecule has 96 valence electrons. The molecule has 1 aromatic rings. The van der Waals surface area contributed by atoms with Gasteiger partial charge in [0.2, 0.25) is 0 Å². The largest absolute Gasteiger partial charge is 0.491 e. The van der Waals surface area contributed by atoms with Crippen LogP contribution in [-0.2, 0) is 4.79 Å². The Hall–Kier alpha value is -1.70. The van der Waals surface area contributed by atoms with E-state index >= 15 is 0 Å². The van der Waals surface area contributed by atoms with Crippen LogP contribution in [0.4, 0.5) is 0 Å². The highest BCUT2D eigenvalue weighted by atomic mass is 35.5. The van der Waals surface area contributed by atoms with Crippen LogP contribution < -0.4 is 4.74 Å². The van der Waals surface area contributed by atoms with Gasteiger partial charge in [-0.2, -0.15) is 0 Å². The SMILES string of the molecule is C#CCN(CCOc1ccccc1Cl)CC(=O)O. The predicted octanol–water partition coefficient (Wildman–Crippen LogP) is 1.74. The van der Waals surface area contributed by atoms with Crippen molar-refractivity contribution in [3.63, 3.8) is 0 Å². The van der Waals surface area contributed by atoms with Gasteiger partial charge in [-0.3, -0.25) is 9.69 Å². The van der Waals surface area contributed by atoms with E-state index in [2.05, 4.69) is 5.92 Å². The van der Waals surface area contributed by atoms with Crippen LogP contribution in [-0.4, -0.2) is 42.2 Å². The van der Waals surface area contributed by atoms with Crippen LogP contribution in [0, 0.1) is 12.3 Å². The molecule has 5 heteroatoms. The Kier molecular flexibility index (Phi) is 6.06. The second-order valence-corrected chi connectivity index (χ2v) is 3.99. The van der Waals surface area contributed by atoms with E-state index in [1.165, 1.54) is 0 Å². The van der Waals surface area contributed by atoms with Gasteiger partial charge in [-0.1, -0.05) is 29.7 Å². The zero-order chi connectivity index (χ0) is 13.4. The van der Waals surface area contributed by atoms with E-state index in [1.54, 1.807) is 17.0 Å². The lowest BCUT2D eigenvalue weighted by molar-refractivity contribution is -0.138. The normalized spacial score (nSPS) is 10.1. The van der Waals surface area contributed by atoms with Crippen molar-refractivity contribution in [1.82, 2.24) is 4.90 Å². The van der Waals surface area contributed by atoms with Gasteiger partial charge in [0.25, 0.3) is 0 Å². The van der Waals surface area contributed by atoms with Crippen molar-refractivity contribution >= 4 is 17.6 Å². The molecule has 0 fully saturated rings. The van der Waals surface area contributed by atoms with Gasteiger partial charge in [0.1, 0.15) is 12.4 Å². The average Bonchev–Trinajstić information content (AvgIpc) is 2.31.